The number of thioether (sulfide) groups is 1. The Morgan fingerprint density at radius 2 is 1.59 bits per heavy atom. The third-order valence-electron chi connectivity index (χ3n) is 6.72. The first-order valence-electron chi connectivity index (χ1n) is 12.5. The van der Waals surface area contributed by atoms with Gasteiger partial charge in [-0.1, -0.05) is 41.1 Å². The van der Waals surface area contributed by atoms with E-state index in [9.17, 15) is 14.0 Å². The largest absolute Gasteiger partial charge is 0.486 e. The summed E-state index contributed by atoms with van der Waals surface area (Å²) >= 11 is 1.27. The van der Waals surface area contributed by atoms with Crippen LogP contribution in [0.3, 0.4) is 0 Å². The van der Waals surface area contributed by atoms with E-state index < -0.39 is 5.82 Å². The molecule has 2 aliphatic rings. The molecule has 1 aliphatic carbocycles. The molecule has 0 fully saturated rings. The number of ether oxygens (including phenoxy) is 3. The first-order valence-corrected chi connectivity index (χ1v) is 13.5. The number of benzene rings is 3. The lowest BCUT2D eigenvalue weighted by Crippen LogP contribution is -2.18. The summed E-state index contributed by atoms with van der Waals surface area (Å²) in [4.78, 5) is 25.7. The number of rotatable bonds is 9. The molecule has 10 heteroatoms. The van der Waals surface area contributed by atoms with E-state index in [-0.39, 0.29) is 36.0 Å². The van der Waals surface area contributed by atoms with Gasteiger partial charge in [-0.2, -0.15) is 0 Å². The van der Waals surface area contributed by atoms with Crippen molar-refractivity contribution in [1.29, 1.82) is 0 Å². The number of Topliss-reactive ketones (excluding diaryl/α,β-unsaturated/α-hetero) is 2. The van der Waals surface area contributed by atoms with Crippen molar-refractivity contribution >= 4 is 23.3 Å². The van der Waals surface area contributed by atoms with Gasteiger partial charge in [0.2, 0.25) is 0 Å². The van der Waals surface area contributed by atoms with Crippen molar-refractivity contribution in [3.05, 3.63) is 94.8 Å². The third-order valence-corrected chi connectivity index (χ3v) is 7.67. The van der Waals surface area contributed by atoms with E-state index >= 15 is 0 Å². The zero-order valence-corrected chi connectivity index (χ0v) is 21.7. The number of fused-ring (bicyclic) bond motifs is 2. The highest BCUT2D eigenvalue weighted by Gasteiger charge is 2.29. The van der Waals surface area contributed by atoms with Crippen LogP contribution in [0.2, 0.25) is 0 Å². The molecule has 1 aromatic heterocycles. The summed E-state index contributed by atoms with van der Waals surface area (Å²) in [6.07, 6.45) is 1.50. The second kappa shape index (κ2) is 10.9. The maximum atomic E-state index is 13.3. The summed E-state index contributed by atoms with van der Waals surface area (Å²) in [6.45, 7) is 0.652. The molecule has 0 bridgehead atoms. The van der Waals surface area contributed by atoms with Crippen molar-refractivity contribution < 1.29 is 28.2 Å². The fourth-order valence-corrected chi connectivity index (χ4v) is 5.66. The molecule has 0 saturated heterocycles. The van der Waals surface area contributed by atoms with Crippen molar-refractivity contribution in [1.82, 2.24) is 14.8 Å². The quantitative estimate of drug-likeness (QED) is 0.220. The van der Waals surface area contributed by atoms with Crippen LogP contribution in [-0.2, 0) is 12.8 Å². The van der Waals surface area contributed by atoms with Crippen LogP contribution in [0.25, 0.3) is 0 Å². The molecule has 8 nitrogen and oxygen atoms in total. The fraction of sp³-hybridized carbons (Fsp3) is 0.241. The van der Waals surface area contributed by atoms with Crippen LogP contribution in [0.4, 0.5) is 4.39 Å². The van der Waals surface area contributed by atoms with Crippen molar-refractivity contribution in [3.8, 4) is 17.5 Å². The van der Waals surface area contributed by atoms with E-state index in [1.165, 1.54) is 47.2 Å². The SMILES string of the molecule is O=C(COc1nnc(SCC(=O)c2ccc3c(c2)OCCO3)n1C1Cc2ccccc2C1)c1ccc(F)cc1. The minimum Gasteiger partial charge on any atom is -0.486 e. The molecule has 0 radical (unpaired) electrons. The number of carbonyl (C=O) groups excluding carboxylic acids is 2. The Hall–Kier alpha value is -4.18. The zero-order valence-electron chi connectivity index (χ0n) is 20.8. The van der Waals surface area contributed by atoms with Crippen LogP contribution >= 0.6 is 11.8 Å². The van der Waals surface area contributed by atoms with Crippen molar-refractivity contribution in [3.63, 3.8) is 0 Å². The molecular weight excluding hydrogens is 521 g/mol. The molecule has 0 amide bonds. The highest BCUT2D eigenvalue weighted by molar-refractivity contribution is 7.99. The van der Waals surface area contributed by atoms with E-state index in [1.807, 2.05) is 16.7 Å². The lowest BCUT2D eigenvalue weighted by Gasteiger charge is -2.18. The summed E-state index contributed by atoms with van der Waals surface area (Å²) < 4.78 is 32.1. The van der Waals surface area contributed by atoms with E-state index in [0.29, 0.717) is 41.0 Å². The van der Waals surface area contributed by atoms with E-state index in [0.717, 1.165) is 12.8 Å². The van der Waals surface area contributed by atoms with Gasteiger partial charge in [0, 0.05) is 17.2 Å². The maximum Gasteiger partial charge on any atom is 0.318 e. The lowest BCUT2D eigenvalue weighted by molar-refractivity contribution is 0.0907. The van der Waals surface area contributed by atoms with Gasteiger partial charge in [0.1, 0.15) is 19.0 Å². The minimum absolute atomic E-state index is 0.0276. The van der Waals surface area contributed by atoms with Gasteiger partial charge in [-0.15, -0.1) is 5.10 Å². The second-order valence-electron chi connectivity index (χ2n) is 9.25. The number of nitrogens with zero attached hydrogens (tertiary/aromatic N) is 3. The zero-order chi connectivity index (χ0) is 26.8. The fourth-order valence-electron chi connectivity index (χ4n) is 4.77. The number of hydrogen-bond donors (Lipinski definition) is 0. The Labute approximate surface area is 228 Å². The predicted octanol–water partition coefficient (Wildman–Crippen LogP) is 4.77. The van der Waals surface area contributed by atoms with Gasteiger partial charge in [0.15, 0.2) is 34.8 Å². The molecule has 0 saturated carbocycles. The number of carbonyl (C=O) groups is 2. The molecule has 6 rings (SSSR count). The van der Waals surface area contributed by atoms with Crippen LogP contribution < -0.4 is 14.2 Å². The summed E-state index contributed by atoms with van der Waals surface area (Å²) in [5, 5.41) is 9.07. The molecule has 3 aromatic carbocycles. The van der Waals surface area contributed by atoms with Gasteiger partial charge in [0.25, 0.3) is 0 Å². The summed E-state index contributed by atoms with van der Waals surface area (Å²) in [5.41, 5.74) is 3.32. The van der Waals surface area contributed by atoms with Crippen LogP contribution in [0.5, 0.6) is 17.5 Å². The van der Waals surface area contributed by atoms with Crippen molar-refractivity contribution in [2.24, 2.45) is 0 Å². The third kappa shape index (κ3) is 5.37. The number of halogens is 1. The number of aromatic nitrogens is 3. The number of hydrogen-bond acceptors (Lipinski definition) is 8. The van der Waals surface area contributed by atoms with Gasteiger partial charge >= 0.3 is 6.01 Å². The van der Waals surface area contributed by atoms with E-state index in [2.05, 4.69) is 22.3 Å². The summed E-state index contributed by atoms with van der Waals surface area (Å²) in [5.74, 6) is 0.512. The topological polar surface area (TPSA) is 92.5 Å². The number of ketones is 2. The van der Waals surface area contributed by atoms with Crippen LogP contribution in [0, 0.1) is 5.82 Å². The van der Waals surface area contributed by atoms with Crippen LogP contribution in [-0.4, -0.2) is 51.9 Å². The van der Waals surface area contributed by atoms with Crippen LogP contribution in [0.1, 0.15) is 37.9 Å². The summed E-state index contributed by atoms with van der Waals surface area (Å²) in [7, 11) is 0. The van der Waals surface area contributed by atoms with Gasteiger partial charge < -0.3 is 14.2 Å². The summed E-state index contributed by atoms with van der Waals surface area (Å²) in [6, 6.07) is 18.9. The molecule has 4 aromatic rings. The maximum absolute atomic E-state index is 13.3. The Balaban J connectivity index is 1.20. The van der Waals surface area contributed by atoms with Gasteiger partial charge in [0.05, 0.1) is 5.75 Å². The Morgan fingerprint density at radius 3 is 2.33 bits per heavy atom. The first-order chi connectivity index (χ1) is 19.0. The molecule has 1 aliphatic heterocycles. The highest BCUT2D eigenvalue weighted by atomic mass is 32.2. The average molecular weight is 546 g/mol. The Morgan fingerprint density at radius 1 is 0.897 bits per heavy atom. The average Bonchev–Trinajstić information content (AvgIpc) is 3.58. The van der Waals surface area contributed by atoms with Crippen molar-refractivity contribution in [2.45, 2.75) is 24.0 Å². The molecule has 0 N–H and O–H groups in total. The van der Waals surface area contributed by atoms with Crippen LogP contribution in [0.15, 0.2) is 71.9 Å². The molecule has 39 heavy (non-hydrogen) atoms. The van der Waals surface area contributed by atoms with Gasteiger partial charge in [-0.3, -0.25) is 14.2 Å². The molecular formula is C29H24FN3O5S. The van der Waals surface area contributed by atoms with Crippen molar-refractivity contribution in [2.75, 3.05) is 25.6 Å². The minimum atomic E-state index is -0.416. The Bertz CT molecular complexity index is 1510. The molecule has 0 unspecified atom stereocenters. The lowest BCUT2D eigenvalue weighted by atomic mass is 10.1. The molecule has 0 spiro atoms. The van der Waals surface area contributed by atoms with E-state index in [4.69, 9.17) is 14.2 Å². The predicted molar refractivity (Wildman–Crippen MR) is 142 cm³/mol. The molecule has 198 valence electrons. The highest BCUT2D eigenvalue weighted by Crippen LogP contribution is 2.36. The standard InChI is InChI=1S/C29H24FN3O5S/c30-22-8-5-18(6-9-22)24(34)16-38-28-31-32-29(33(28)23-13-19-3-1-2-4-20(19)14-23)39-17-25(35)21-7-10-26-27(15-21)37-12-11-36-26/h1-10,15,23H,11-14,16-17H2. The molecule has 0 atom stereocenters. The smallest absolute Gasteiger partial charge is 0.318 e. The monoisotopic (exact) mass is 545 g/mol. The van der Waals surface area contributed by atoms with Gasteiger partial charge in [-0.05, 0) is 66.4 Å². The normalized spacial score (nSPS) is 14.2. The molecule has 2 heterocycles. The first kappa shape index (κ1) is 25.1. The van der Waals surface area contributed by atoms with Gasteiger partial charge in [-0.25, -0.2) is 4.39 Å². The Kier molecular flexibility index (Phi) is 7.02. The van der Waals surface area contributed by atoms with E-state index in [1.54, 1.807) is 18.2 Å². The second-order valence-corrected chi connectivity index (χ2v) is 10.2.